The van der Waals surface area contributed by atoms with Gasteiger partial charge in [0, 0.05) is 11.8 Å². The molecule has 0 aliphatic heterocycles. The van der Waals surface area contributed by atoms with Crippen LogP contribution in [0.4, 0.5) is 17.1 Å². The molecule has 0 aliphatic carbocycles. The molecule has 17 heavy (non-hydrogen) atoms. The van der Waals surface area contributed by atoms with Gasteiger partial charge in [-0.3, -0.25) is 10.1 Å². The average Bonchev–Trinajstić information content (AvgIpc) is 2.28. The summed E-state index contributed by atoms with van der Waals surface area (Å²) in [5.74, 6) is 0.905. The van der Waals surface area contributed by atoms with E-state index in [2.05, 4.69) is 5.32 Å². The average molecular weight is 255 g/mol. The number of nitro groups is 1. The molecule has 0 spiro atoms. The minimum absolute atomic E-state index is 0.0351. The summed E-state index contributed by atoms with van der Waals surface area (Å²) in [6.07, 6.45) is 2.92. The van der Waals surface area contributed by atoms with Crippen LogP contribution in [0.2, 0.25) is 0 Å². The van der Waals surface area contributed by atoms with Crippen LogP contribution in [0.15, 0.2) is 18.2 Å². The predicted octanol–water partition coefficient (Wildman–Crippen LogP) is 2.73. The maximum Gasteiger partial charge on any atom is 0.314 e. The zero-order valence-electron chi connectivity index (χ0n) is 9.97. The Morgan fingerprint density at radius 2 is 2.29 bits per heavy atom. The van der Waals surface area contributed by atoms with Gasteiger partial charge in [-0.15, -0.1) is 0 Å². The van der Waals surface area contributed by atoms with Crippen molar-refractivity contribution >= 4 is 28.8 Å². The fourth-order valence-corrected chi connectivity index (χ4v) is 2.29. The lowest BCUT2D eigenvalue weighted by Crippen LogP contribution is -2.21. The number of nitrogens with two attached hydrogens (primary N) is 1. The van der Waals surface area contributed by atoms with Crippen molar-refractivity contribution < 1.29 is 4.92 Å². The Kier molecular flexibility index (Phi) is 5.09. The van der Waals surface area contributed by atoms with E-state index in [1.807, 2.05) is 13.2 Å². The molecule has 1 atom stereocenters. The molecule has 0 aliphatic rings. The van der Waals surface area contributed by atoms with Gasteiger partial charge in [-0.2, -0.15) is 11.8 Å². The first-order valence-corrected chi connectivity index (χ1v) is 6.77. The second-order valence-corrected chi connectivity index (χ2v) is 4.62. The van der Waals surface area contributed by atoms with Crippen molar-refractivity contribution in [3.63, 3.8) is 0 Å². The Bertz CT molecular complexity index is 398. The summed E-state index contributed by atoms with van der Waals surface area (Å²) >= 11 is 1.71. The molecular formula is C11H17N3O2S. The fourth-order valence-electron chi connectivity index (χ4n) is 1.56. The summed E-state index contributed by atoms with van der Waals surface area (Å²) < 4.78 is 0. The standard InChI is InChI=1S/C11H17N3O2S/c1-3-8(7-17-2)13-10-6-4-5-9(12)11(10)14(15)16/h4-6,8,13H,3,7,12H2,1-2H3. The number of anilines is 2. The molecule has 1 unspecified atom stereocenters. The second kappa shape index (κ2) is 6.34. The van der Waals surface area contributed by atoms with Crippen LogP contribution in [0.1, 0.15) is 13.3 Å². The topological polar surface area (TPSA) is 81.2 Å². The van der Waals surface area contributed by atoms with E-state index in [1.165, 1.54) is 0 Å². The highest BCUT2D eigenvalue weighted by Crippen LogP contribution is 2.31. The number of nitrogens with one attached hydrogen (secondary N) is 1. The molecule has 0 fully saturated rings. The monoisotopic (exact) mass is 255 g/mol. The van der Waals surface area contributed by atoms with Crippen LogP contribution in [0.5, 0.6) is 0 Å². The van der Waals surface area contributed by atoms with Gasteiger partial charge in [-0.1, -0.05) is 13.0 Å². The Hall–Kier alpha value is -1.43. The quantitative estimate of drug-likeness (QED) is 0.464. The number of nitrogens with zero attached hydrogens (tertiary/aromatic N) is 1. The first-order chi connectivity index (χ1) is 8.10. The van der Waals surface area contributed by atoms with E-state index >= 15 is 0 Å². The van der Waals surface area contributed by atoms with Gasteiger partial charge in [0.25, 0.3) is 0 Å². The second-order valence-electron chi connectivity index (χ2n) is 3.71. The molecule has 0 radical (unpaired) electrons. The summed E-state index contributed by atoms with van der Waals surface area (Å²) in [5, 5.41) is 14.1. The van der Waals surface area contributed by atoms with Crippen LogP contribution in [0.3, 0.4) is 0 Å². The largest absolute Gasteiger partial charge is 0.393 e. The van der Waals surface area contributed by atoms with Crippen LogP contribution in [-0.2, 0) is 0 Å². The molecule has 1 aromatic rings. The fraction of sp³-hybridized carbons (Fsp3) is 0.455. The van der Waals surface area contributed by atoms with Gasteiger partial charge in [0.15, 0.2) is 0 Å². The van der Waals surface area contributed by atoms with Gasteiger partial charge in [0.05, 0.1) is 4.92 Å². The Labute approximate surface area is 105 Å². The van der Waals surface area contributed by atoms with E-state index in [1.54, 1.807) is 30.0 Å². The zero-order valence-corrected chi connectivity index (χ0v) is 10.8. The van der Waals surface area contributed by atoms with Gasteiger partial charge < -0.3 is 11.1 Å². The number of nitro benzene ring substituents is 1. The minimum atomic E-state index is -0.441. The summed E-state index contributed by atoms with van der Waals surface area (Å²) in [6, 6.07) is 5.16. The first kappa shape index (κ1) is 13.6. The van der Waals surface area contributed by atoms with Gasteiger partial charge in [0.2, 0.25) is 0 Å². The maximum absolute atomic E-state index is 11.0. The third-order valence-electron chi connectivity index (χ3n) is 2.47. The van der Waals surface area contributed by atoms with E-state index in [0.717, 1.165) is 12.2 Å². The molecule has 3 N–H and O–H groups in total. The Morgan fingerprint density at radius 3 is 2.82 bits per heavy atom. The molecule has 1 rings (SSSR count). The molecule has 0 heterocycles. The molecule has 0 aromatic heterocycles. The van der Waals surface area contributed by atoms with E-state index in [-0.39, 0.29) is 17.4 Å². The lowest BCUT2D eigenvalue weighted by molar-refractivity contribution is -0.383. The van der Waals surface area contributed by atoms with Crippen molar-refractivity contribution in [3.05, 3.63) is 28.3 Å². The summed E-state index contributed by atoms with van der Waals surface area (Å²) in [5.41, 5.74) is 6.28. The van der Waals surface area contributed by atoms with Crippen molar-refractivity contribution in [2.24, 2.45) is 0 Å². The van der Waals surface area contributed by atoms with Crippen LogP contribution in [-0.4, -0.2) is 23.0 Å². The summed E-state index contributed by atoms with van der Waals surface area (Å²) in [7, 11) is 0. The van der Waals surface area contributed by atoms with E-state index in [4.69, 9.17) is 5.73 Å². The SMILES string of the molecule is CCC(CSC)Nc1cccc(N)c1[N+](=O)[O-]. The Balaban J connectivity index is 2.97. The van der Waals surface area contributed by atoms with E-state index in [0.29, 0.717) is 5.69 Å². The molecule has 0 bridgehead atoms. The van der Waals surface area contributed by atoms with E-state index in [9.17, 15) is 10.1 Å². The first-order valence-electron chi connectivity index (χ1n) is 5.38. The van der Waals surface area contributed by atoms with Crippen LogP contribution < -0.4 is 11.1 Å². The van der Waals surface area contributed by atoms with Crippen LogP contribution in [0.25, 0.3) is 0 Å². The molecule has 1 aromatic carbocycles. The number of hydrogen-bond donors (Lipinski definition) is 2. The lowest BCUT2D eigenvalue weighted by atomic mass is 10.2. The number of thioether (sulfide) groups is 1. The van der Waals surface area contributed by atoms with Gasteiger partial charge in [0.1, 0.15) is 11.4 Å². The maximum atomic E-state index is 11.0. The highest BCUT2D eigenvalue weighted by atomic mass is 32.2. The highest BCUT2D eigenvalue weighted by molar-refractivity contribution is 7.98. The number of benzene rings is 1. The normalized spacial score (nSPS) is 12.1. The minimum Gasteiger partial charge on any atom is -0.393 e. The smallest absolute Gasteiger partial charge is 0.314 e. The number of hydrogen-bond acceptors (Lipinski definition) is 5. The highest BCUT2D eigenvalue weighted by Gasteiger charge is 2.19. The molecule has 0 saturated heterocycles. The van der Waals surface area contributed by atoms with Crippen LogP contribution in [0, 0.1) is 10.1 Å². The Morgan fingerprint density at radius 1 is 1.59 bits per heavy atom. The third-order valence-corrected chi connectivity index (χ3v) is 3.21. The van der Waals surface area contributed by atoms with Crippen molar-refractivity contribution in [2.75, 3.05) is 23.1 Å². The van der Waals surface area contributed by atoms with Gasteiger partial charge in [-0.25, -0.2) is 0 Å². The number of nitrogen functional groups attached to an aromatic ring is 1. The predicted molar refractivity (Wildman–Crippen MR) is 73.6 cm³/mol. The van der Waals surface area contributed by atoms with Crippen molar-refractivity contribution in [2.45, 2.75) is 19.4 Å². The van der Waals surface area contributed by atoms with Crippen LogP contribution >= 0.6 is 11.8 Å². The van der Waals surface area contributed by atoms with Crippen molar-refractivity contribution in [1.82, 2.24) is 0 Å². The molecule has 5 nitrogen and oxygen atoms in total. The molecule has 0 amide bonds. The van der Waals surface area contributed by atoms with Gasteiger partial charge >= 0.3 is 5.69 Å². The number of para-hydroxylation sites is 1. The van der Waals surface area contributed by atoms with E-state index < -0.39 is 4.92 Å². The summed E-state index contributed by atoms with van der Waals surface area (Å²) in [6.45, 7) is 2.05. The van der Waals surface area contributed by atoms with Crippen molar-refractivity contribution in [1.29, 1.82) is 0 Å². The van der Waals surface area contributed by atoms with Crippen molar-refractivity contribution in [3.8, 4) is 0 Å². The zero-order chi connectivity index (χ0) is 12.8. The molecule has 0 saturated carbocycles. The third kappa shape index (κ3) is 3.52. The number of rotatable bonds is 6. The molecule has 6 heteroatoms. The van der Waals surface area contributed by atoms with Gasteiger partial charge in [-0.05, 0) is 24.8 Å². The molecule has 94 valence electrons. The summed E-state index contributed by atoms with van der Waals surface area (Å²) in [4.78, 5) is 10.5. The molecular weight excluding hydrogens is 238 g/mol. The lowest BCUT2D eigenvalue weighted by Gasteiger charge is -2.17.